The lowest BCUT2D eigenvalue weighted by Gasteiger charge is -2.11. The van der Waals surface area contributed by atoms with Gasteiger partial charge in [-0.25, -0.2) is 9.97 Å². The average Bonchev–Trinajstić information content (AvgIpc) is 3.86. The molecule has 0 aliphatic carbocycles. The molecule has 3 heterocycles. The average molecular weight is 668 g/mol. The third kappa shape index (κ3) is 4.73. The predicted molar refractivity (Wildman–Crippen MR) is 211 cm³/mol. The predicted octanol–water partition coefficient (Wildman–Crippen LogP) is 12.6. The molecule has 0 aliphatic rings. The highest BCUT2D eigenvalue weighted by Crippen LogP contribution is 2.41. The molecule has 50 heavy (non-hydrogen) atoms. The fourth-order valence-corrected chi connectivity index (χ4v) is 7.68. The highest BCUT2D eigenvalue weighted by atomic mass is 32.1. The van der Waals surface area contributed by atoms with Crippen LogP contribution in [0.1, 0.15) is 16.4 Å². The molecular formula is C46H29N3S. The minimum atomic E-state index is -0.705. The Morgan fingerprint density at radius 2 is 1.20 bits per heavy atom. The van der Waals surface area contributed by atoms with E-state index in [2.05, 4.69) is 6.07 Å². The van der Waals surface area contributed by atoms with Gasteiger partial charge in [-0.1, -0.05) is 133 Å². The SMILES string of the molecule is [2H]c1c([2H])c([2H])c(-n2c3c([2H])c([2H])c([2H])c([2H])c3c3c([2H])c(-c4cc(-c5cccc6c5sc5ccccc56)nc(-c5ccc(-c6ccccc6)cc5)n4)c([2H])c([2H])c32)c([2H])c1[2H]. The molecule has 0 amide bonds. The smallest absolute Gasteiger partial charge is 0.160 e. The molecule has 0 N–H and O–H groups in total. The van der Waals surface area contributed by atoms with Crippen LogP contribution in [0.5, 0.6) is 0 Å². The summed E-state index contributed by atoms with van der Waals surface area (Å²) in [7, 11) is 0. The minimum absolute atomic E-state index is 0.102. The number of benzene rings is 7. The molecule has 0 saturated heterocycles. The summed E-state index contributed by atoms with van der Waals surface area (Å²) in [5, 5.41) is 1.71. The Morgan fingerprint density at radius 1 is 0.500 bits per heavy atom. The van der Waals surface area contributed by atoms with Gasteiger partial charge in [0.25, 0.3) is 0 Å². The molecule has 4 heteroatoms. The van der Waals surface area contributed by atoms with Gasteiger partial charge in [-0.05, 0) is 53.5 Å². The molecular weight excluding hydrogens is 627 g/mol. The van der Waals surface area contributed by atoms with E-state index in [9.17, 15) is 4.11 Å². The standard InChI is InChI=1S/C46H29N3S/c1-3-12-30(13-4-1)31-22-24-32(25-23-31)46-47-40(29-41(48-46)38-19-11-18-37-36-17-8-10-21-44(36)50-45(37)38)33-26-27-43-39(28-33)35-16-7-9-20-42(35)49(43)34-14-5-2-6-15-34/h1-29H/i2D,5D,6D,7D,9D,14D,15D,16D,20D,26D,27D,28D. The zero-order chi connectivity index (χ0) is 43.5. The van der Waals surface area contributed by atoms with Gasteiger partial charge in [0, 0.05) is 53.3 Å². The maximum absolute atomic E-state index is 9.84. The van der Waals surface area contributed by atoms with Crippen LogP contribution >= 0.6 is 11.3 Å². The number of hydrogen-bond donors (Lipinski definition) is 0. The molecule has 0 unspecified atom stereocenters. The first-order valence-corrected chi connectivity index (χ1v) is 16.7. The summed E-state index contributed by atoms with van der Waals surface area (Å²) in [5.41, 5.74) is 2.76. The lowest BCUT2D eigenvalue weighted by Crippen LogP contribution is -1.96. The second kappa shape index (κ2) is 11.7. The fourth-order valence-electron chi connectivity index (χ4n) is 6.46. The van der Waals surface area contributed by atoms with E-state index in [0.29, 0.717) is 11.3 Å². The Balaban J connectivity index is 1.31. The van der Waals surface area contributed by atoms with Gasteiger partial charge in [0.05, 0.1) is 38.9 Å². The van der Waals surface area contributed by atoms with Crippen molar-refractivity contribution in [3.8, 4) is 50.7 Å². The second-order valence-electron chi connectivity index (χ2n) is 11.7. The Bertz CT molecular complexity index is 3520. The van der Waals surface area contributed by atoms with Gasteiger partial charge in [0.15, 0.2) is 5.82 Å². The summed E-state index contributed by atoms with van der Waals surface area (Å²) in [6.45, 7) is 0. The van der Waals surface area contributed by atoms with E-state index in [1.54, 1.807) is 17.4 Å². The number of nitrogens with zero attached hydrogens (tertiary/aromatic N) is 3. The maximum Gasteiger partial charge on any atom is 0.160 e. The molecule has 0 saturated carbocycles. The molecule has 0 atom stereocenters. The van der Waals surface area contributed by atoms with E-state index in [0.717, 1.165) is 41.4 Å². The summed E-state index contributed by atoms with van der Waals surface area (Å²) >= 11 is 1.60. The number of hydrogen-bond acceptors (Lipinski definition) is 3. The van der Waals surface area contributed by atoms with Crippen LogP contribution in [0.3, 0.4) is 0 Å². The van der Waals surface area contributed by atoms with Gasteiger partial charge in [-0.15, -0.1) is 11.3 Å². The number of rotatable bonds is 5. The van der Waals surface area contributed by atoms with Crippen molar-refractivity contribution in [3.05, 3.63) is 176 Å². The van der Waals surface area contributed by atoms with Crippen molar-refractivity contribution in [1.29, 1.82) is 0 Å². The largest absolute Gasteiger partial charge is 0.309 e. The Kier molecular flexibility index (Phi) is 4.43. The van der Waals surface area contributed by atoms with Gasteiger partial charge in [0.2, 0.25) is 0 Å². The summed E-state index contributed by atoms with van der Waals surface area (Å²) < 4.78 is 110. The number of fused-ring (bicyclic) bond motifs is 6. The minimum Gasteiger partial charge on any atom is -0.309 e. The van der Waals surface area contributed by atoms with Crippen LogP contribution in [0.25, 0.3) is 92.7 Å². The lowest BCUT2D eigenvalue weighted by atomic mass is 10.0. The van der Waals surface area contributed by atoms with Crippen LogP contribution in [0, 0.1) is 0 Å². The molecule has 7 aromatic carbocycles. The molecule has 10 aromatic rings. The molecule has 3 aromatic heterocycles. The van der Waals surface area contributed by atoms with Crippen LogP contribution in [-0.4, -0.2) is 14.5 Å². The van der Waals surface area contributed by atoms with Crippen LogP contribution < -0.4 is 0 Å². The third-order valence-corrected chi connectivity index (χ3v) is 10.0. The van der Waals surface area contributed by atoms with E-state index in [-0.39, 0.29) is 38.9 Å². The molecule has 0 bridgehead atoms. The molecule has 10 rings (SSSR count). The topological polar surface area (TPSA) is 30.7 Å². The Morgan fingerprint density at radius 3 is 2.08 bits per heavy atom. The highest BCUT2D eigenvalue weighted by molar-refractivity contribution is 7.26. The highest BCUT2D eigenvalue weighted by Gasteiger charge is 2.17. The summed E-state index contributed by atoms with van der Waals surface area (Å²) in [5.74, 6) is 0.268. The maximum atomic E-state index is 9.84. The Hall–Kier alpha value is -6.36. The van der Waals surface area contributed by atoms with E-state index in [1.165, 1.54) is 0 Å². The van der Waals surface area contributed by atoms with E-state index < -0.39 is 78.2 Å². The van der Waals surface area contributed by atoms with Crippen LogP contribution in [-0.2, 0) is 0 Å². The second-order valence-corrected chi connectivity index (χ2v) is 12.7. The van der Waals surface area contributed by atoms with Crippen LogP contribution in [0.2, 0.25) is 0 Å². The lowest BCUT2D eigenvalue weighted by molar-refractivity contribution is 1.18. The van der Waals surface area contributed by atoms with Gasteiger partial charge in [0.1, 0.15) is 0 Å². The number of aromatic nitrogens is 3. The van der Waals surface area contributed by atoms with Gasteiger partial charge < -0.3 is 4.57 Å². The monoisotopic (exact) mass is 667 g/mol. The van der Waals surface area contributed by atoms with Gasteiger partial charge in [-0.3, -0.25) is 0 Å². The first-order valence-electron chi connectivity index (χ1n) is 21.9. The summed E-state index contributed by atoms with van der Waals surface area (Å²) in [4.78, 5) is 10.0. The number of thiophene rings is 1. The first kappa shape index (κ1) is 19.0. The third-order valence-electron chi connectivity index (χ3n) is 8.78. The zero-order valence-electron chi connectivity index (χ0n) is 38.1. The molecule has 234 valence electrons. The van der Waals surface area contributed by atoms with Gasteiger partial charge >= 0.3 is 0 Å². The van der Waals surface area contributed by atoms with Crippen molar-refractivity contribution in [3.63, 3.8) is 0 Å². The van der Waals surface area contributed by atoms with Crippen molar-refractivity contribution < 1.29 is 16.4 Å². The van der Waals surface area contributed by atoms with E-state index in [4.69, 9.17) is 22.3 Å². The van der Waals surface area contributed by atoms with E-state index >= 15 is 0 Å². The summed E-state index contributed by atoms with van der Waals surface area (Å²) in [6, 6.07) is 25.8. The normalized spacial score (nSPS) is 15.0. The van der Waals surface area contributed by atoms with Crippen LogP contribution in [0.4, 0.5) is 0 Å². The van der Waals surface area contributed by atoms with Crippen molar-refractivity contribution in [2.75, 3.05) is 0 Å². The van der Waals surface area contributed by atoms with Gasteiger partial charge in [-0.2, -0.15) is 0 Å². The van der Waals surface area contributed by atoms with E-state index in [1.807, 2.05) is 91.0 Å². The Labute approximate surface area is 310 Å². The molecule has 0 aliphatic heterocycles. The van der Waals surface area contributed by atoms with Crippen molar-refractivity contribution in [1.82, 2.24) is 14.5 Å². The quantitative estimate of drug-likeness (QED) is 0.183. The summed E-state index contributed by atoms with van der Waals surface area (Å²) in [6.07, 6.45) is 0. The molecule has 0 radical (unpaired) electrons. The van der Waals surface area contributed by atoms with Crippen molar-refractivity contribution in [2.45, 2.75) is 0 Å². The molecule has 0 spiro atoms. The van der Waals surface area contributed by atoms with Crippen LogP contribution in [0.15, 0.2) is 176 Å². The fraction of sp³-hybridized carbons (Fsp3) is 0. The zero-order valence-corrected chi connectivity index (χ0v) is 26.9. The first-order chi connectivity index (χ1) is 29.8. The van der Waals surface area contributed by atoms with Crippen molar-refractivity contribution >= 4 is 53.3 Å². The molecule has 0 fully saturated rings. The molecule has 3 nitrogen and oxygen atoms in total. The number of para-hydroxylation sites is 2. The van der Waals surface area contributed by atoms with Crippen molar-refractivity contribution in [2.24, 2.45) is 0 Å².